The Labute approximate surface area is 166 Å². The fraction of sp³-hybridized carbons (Fsp3) is 0.409. The summed E-state index contributed by atoms with van der Waals surface area (Å²) < 4.78 is 21.8. The molecule has 0 saturated carbocycles. The van der Waals surface area contributed by atoms with Crippen LogP contribution in [0, 0.1) is 0 Å². The first kappa shape index (κ1) is 21.4. The van der Waals surface area contributed by atoms with Crippen molar-refractivity contribution in [2.24, 2.45) is 0 Å². The number of benzene rings is 2. The Balaban J connectivity index is 2.08. The summed E-state index contributed by atoms with van der Waals surface area (Å²) in [7, 11) is 3.22. The molecule has 0 aromatic heterocycles. The van der Waals surface area contributed by atoms with Crippen LogP contribution in [0.5, 0.6) is 23.0 Å². The van der Waals surface area contributed by atoms with E-state index >= 15 is 0 Å². The molecule has 0 radical (unpaired) electrons. The van der Waals surface area contributed by atoms with Crippen molar-refractivity contribution in [1.29, 1.82) is 0 Å². The van der Waals surface area contributed by atoms with Gasteiger partial charge in [0.1, 0.15) is 11.5 Å². The van der Waals surface area contributed by atoms with Crippen LogP contribution in [0.25, 0.3) is 0 Å². The number of anilines is 1. The van der Waals surface area contributed by atoms with Gasteiger partial charge in [-0.15, -0.1) is 0 Å². The molecule has 0 saturated heterocycles. The zero-order chi connectivity index (χ0) is 20.5. The number of carbonyl (C=O) groups is 1. The molecule has 0 aliphatic heterocycles. The van der Waals surface area contributed by atoms with Gasteiger partial charge in [-0.3, -0.25) is 4.79 Å². The SMILES string of the molecule is CCOc1ccc(NC(=O)CC(C)c2ccc(OC)cc2OC)cc1OCC. The maximum absolute atomic E-state index is 12.6. The van der Waals surface area contributed by atoms with Gasteiger partial charge in [0, 0.05) is 24.2 Å². The molecular formula is C22H29NO5. The van der Waals surface area contributed by atoms with E-state index in [0.29, 0.717) is 42.6 Å². The number of hydrogen-bond acceptors (Lipinski definition) is 5. The van der Waals surface area contributed by atoms with Crippen molar-refractivity contribution in [1.82, 2.24) is 0 Å². The average molecular weight is 387 g/mol. The van der Waals surface area contributed by atoms with Gasteiger partial charge >= 0.3 is 0 Å². The molecule has 0 aliphatic carbocycles. The van der Waals surface area contributed by atoms with Crippen LogP contribution >= 0.6 is 0 Å². The first-order valence-electron chi connectivity index (χ1n) is 9.43. The van der Waals surface area contributed by atoms with E-state index in [9.17, 15) is 4.79 Å². The largest absolute Gasteiger partial charge is 0.497 e. The highest BCUT2D eigenvalue weighted by Gasteiger charge is 2.17. The number of methoxy groups -OCH3 is 2. The molecule has 2 aromatic rings. The summed E-state index contributed by atoms with van der Waals surface area (Å²) >= 11 is 0. The van der Waals surface area contributed by atoms with E-state index in [1.54, 1.807) is 26.4 Å². The van der Waals surface area contributed by atoms with Gasteiger partial charge in [0.25, 0.3) is 0 Å². The second-order valence-corrected chi connectivity index (χ2v) is 6.29. The van der Waals surface area contributed by atoms with Crippen LogP contribution < -0.4 is 24.3 Å². The number of hydrogen-bond donors (Lipinski definition) is 1. The Hall–Kier alpha value is -2.89. The third kappa shape index (κ3) is 5.55. The molecule has 1 unspecified atom stereocenters. The molecule has 2 rings (SSSR count). The zero-order valence-electron chi connectivity index (χ0n) is 17.2. The maximum atomic E-state index is 12.6. The molecule has 0 spiro atoms. The van der Waals surface area contributed by atoms with Crippen LogP contribution in [0.2, 0.25) is 0 Å². The summed E-state index contributed by atoms with van der Waals surface area (Å²) in [6.45, 7) is 6.89. The Morgan fingerprint density at radius 2 is 1.64 bits per heavy atom. The first-order valence-corrected chi connectivity index (χ1v) is 9.43. The monoisotopic (exact) mass is 387 g/mol. The van der Waals surface area contributed by atoms with Gasteiger partial charge in [-0.1, -0.05) is 13.0 Å². The average Bonchev–Trinajstić information content (AvgIpc) is 2.69. The first-order chi connectivity index (χ1) is 13.5. The van der Waals surface area contributed by atoms with Gasteiger partial charge in [0.05, 0.1) is 27.4 Å². The van der Waals surface area contributed by atoms with E-state index in [1.807, 2.05) is 45.0 Å². The lowest BCUT2D eigenvalue weighted by molar-refractivity contribution is -0.116. The lowest BCUT2D eigenvalue weighted by atomic mass is 9.96. The normalized spacial score (nSPS) is 11.5. The molecule has 1 amide bonds. The van der Waals surface area contributed by atoms with Crippen LogP contribution in [-0.4, -0.2) is 33.3 Å². The van der Waals surface area contributed by atoms with Crippen molar-refractivity contribution in [3.8, 4) is 23.0 Å². The van der Waals surface area contributed by atoms with Gasteiger partial charge in [0.15, 0.2) is 11.5 Å². The second kappa shape index (κ2) is 10.4. The van der Waals surface area contributed by atoms with Gasteiger partial charge < -0.3 is 24.3 Å². The van der Waals surface area contributed by atoms with E-state index < -0.39 is 0 Å². The minimum atomic E-state index is -0.0861. The molecule has 2 aromatic carbocycles. The van der Waals surface area contributed by atoms with Crippen molar-refractivity contribution >= 4 is 11.6 Å². The van der Waals surface area contributed by atoms with Crippen LogP contribution in [0.1, 0.15) is 38.7 Å². The van der Waals surface area contributed by atoms with Crippen LogP contribution in [0.3, 0.4) is 0 Å². The summed E-state index contributed by atoms with van der Waals surface area (Å²) in [6.07, 6.45) is 0.319. The standard InChI is InChI=1S/C22H29NO5/c1-6-27-19-11-8-16(13-21(19)28-7-2)23-22(24)12-15(3)18-10-9-17(25-4)14-20(18)26-5/h8-11,13-15H,6-7,12H2,1-5H3,(H,23,24). The molecule has 0 heterocycles. The highest BCUT2D eigenvalue weighted by atomic mass is 16.5. The number of carbonyl (C=O) groups excluding carboxylic acids is 1. The number of nitrogens with one attached hydrogen (secondary N) is 1. The molecule has 6 nitrogen and oxygen atoms in total. The van der Waals surface area contributed by atoms with Crippen LogP contribution in [0.4, 0.5) is 5.69 Å². The molecule has 0 bridgehead atoms. The summed E-state index contributed by atoms with van der Waals surface area (Å²) in [5, 5.41) is 2.93. The van der Waals surface area contributed by atoms with Gasteiger partial charge in [-0.25, -0.2) is 0 Å². The lowest BCUT2D eigenvalue weighted by Gasteiger charge is -2.17. The Morgan fingerprint density at radius 1 is 0.929 bits per heavy atom. The van der Waals surface area contributed by atoms with Crippen molar-refractivity contribution in [2.75, 3.05) is 32.8 Å². The van der Waals surface area contributed by atoms with E-state index in [0.717, 1.165) is 11.3 Å². The molecule has 1 N–H and O–H groups in total. The fourth-order valence-electron chi connectivity index (χ4n) is 2.95. The summed E-state index contributed by atoms with van der Waals surface area (Å²) in [4.78, 5) is 12.6. The molecule has 152 valence electrons. The quantitative estimate of drug-likeness (QED) is 0.644. The minimum Gasteiger partial charge on any atom is -0.497 e. The smallest absolute Gasteiger partial charge is 0.224 e. The van der Waals surface area contributed by atoms with E-state index in [1.165, 1.54) is 0 Å². The summed E-state index contributed by atoms with van der Waals surface area (Å²) in [6, 6.07) is 11.0. The van der Waals surface area contributed by atoms with E-state index in [-0.39, 0.29) is 11.8 Å². The highest BCUT2D eigenvalue weighted by molar-refractivity contribution is 5.91. The third-order valence-electron chi connectivity index (χ3n) is 4.29. The predicted octanol–water partition coefficient (Wildman–Crippen LogP) is 4.63. The van der Waals surface area contributed by atoms with Crippen molar-refractivity contribution in [3.63, 3.8) is 0 Å². The molecular weight excluding hydrogens is 358 g/mol. The molecule has 0 fully saturated rings. The topological polar surface area (TPSA) is 66.0 Å². The summed E-state index contributed by atoms with van der Waals surface area (Å²) in [5.41, 5.74) is 1.63. The van der Waals surface area contributed by atoms with Crippen molar-refractivity contribution in [2.45, 2.75) is 33.1 Å². The lowest BCUT2D eigenvalue weighted by Crippen LogP contribution is -2.15. The molecule has 28 heavy (non-hydrogen) atoms. The Bertz CT molecular complexity index is 790. The van der Waals surface area contributed by atoms with Crippen LogP contribution in [0.15, 0.2) is 36.4 Å². The predicted molar refractivity (Wildman–Crippen MR) is 110 cm³/mol. The number of rotatable bonds is 10. The molecule has 1 atom stereocenters. The Kier molecular flexibility index (Phi) is 7.99. The fourth-order valence-corrected chi connectivity index (χ4v) is 2.95. The van der Waals surface area contributed by atoms with Gasteiger partial charge in [0.2, 0.25) is 5.91 Å². The third-order valence-corrected chi connectivity index (χ3v) is 4.29. The molecule has 6 heteroatoms. The number of ether oxygens (including phenoxy) is 4. The van der Waals surface area contributed by atoms with Crippen molar-refractivity contribution in [3.05, 3.63) is 42.0 Å². The molecule has 0 aliphatic rings. The van der Waals surface area contributed by atoms with Gasteiger partial charge in [-0.2, -0.15) is 0 Å². The van der Waals surface area contributed by atoms with Crippen LogP contribution in [-0.2, 0) is 4.79 Å². The van der Waals surface area contributed by atoms with Crippen molar-refractivity contribution < 1.29 is 23.7 Å². The Morgan fingerprint density at radius 3 is 2.29 bits per heavy atom. The van der Waals surface area contributed by atoms with E-state index in [4.69, 9.17) is 18.9 Å². The van der Waals surface area contributed by atoms with Gasteiger partial charge in [-0.05, 0) is 43.5 Å². The minimum absolute atomic E-state index is 0.0186. The number of amides is 1. The summed E-state index contributed by atoms with van der Waals surface area (Å²) in [5.74, 6) is 2.60. The maximum Gasteiger partial charge on any atom is 0.224 e. The zero-order valence-corrected chi connectivity index (χ0v) is 17.2. The van der Waals surface area contributed by atoms with E-state index in [2.05, 4.69) is 5.32 Å². The highest BCUT2D eigenvalue weighted by Crippen LogP contribution is 2.33. The second-order valence-electron chi connectivity index (χ2n) is 6.29.